The summed E-state index contributed by atoms with van der Waals surface area (Å²) in [6.45, 7) is 1.89. The molecule has 1 fully saturated rings. The van der Waals surface area contributed by atoms with Crippen LogP contribution in [-0.2, 0) is 0 Å². The highest BCUT2D eigenvalue weighted by molar-refractivity contribution is 5.76. The fraction of sp³-hybridized carbons (Fsp3) is 0.217. The van der Waals surface area contributed by atoms with Gasteiger partial charge in [-0.05, 0) is 48.6 Å². The van der Waals surface area contributed by atoms with Gasteiger partial charge in [-0.3, -0.25) is 5.01 Å². The van der Waals surface area contributed by atoms with Gasteiger partial charge in [0.05, 0.1) is 11.4 Å². The Hall–Kier alpha value is -3.32. The van der Waals surface area contributed by atoms with E-state index in [-0.39, 0.29) is 11.4 Å². The van der Waals surface area contributed by atoms with Crippen molar-refractivity contribution in [3.8, 4) is 5.75 Å². The van der Waals surface area contributed by atoms with Gasteiger partial charge in [0, 0.05) is 24.8 Å². The molecule has 7 heteroatoms. The molecule has 156 valence electrons. The zero-order valence-corrected chi connectivity index (χ0v) is 16.4. The minimum absolute atomic E-state index is 0.197. The fourth-order valence-corrected chi connectivity index (χ4v) is 4.01. The van der Waals surface area contributed by atoms with Crippen molar-refractivity contribution in [1.82, 2.24) is 0 Å². The van der Waals surface area contributed by atoms with Gasteiger partial charge < -0.3 is 15.7 Å². The molecule has 0 aromatic heterocycles. The summed E-state index contributed by atoms with van der Waals surface area (Å²) in [4.78, 5) is 2.31. The van der Waals surface area contributed by atoms with Crippen LogP contribution in [0.25, 0.3) is 0 Å². The quantitative estimate of drug-likeness (QED) is 0.253. The second-order valence-electron chi connectivity index (χ2n) is 7.52. The predicted octanol–water partition coefficient (Wildman–Crippen LogP) is 4.65. The molecule has 0 spiro atoms. The number of hydrogen-bond donors (Lipinski definition) is 3. The SMILES string of the molecule is Nc1cc(F)c(O)c(F)c1N(N)c1ccc(N2CCC(c3ccccc3)CC2)cc1. The van der Waals surface area contributed by atoms with E-state index in [9.17, 15) is 13.9 Å². The molecule has 30 heavy (non-hydrogen) atoms. The number of phenolic OH excluding ortho intramolecular Hbond substituents is 1. The molecule has 0 radical (unpaired) electrons. The number of aromatic hydroxyl groups is 1. The third kappa shape index (κ3) is 3.76. The number of nitrogens with two attached hydrogens (primary N) is 2. The van der Waals surface area contributed by atoms with Crippen LogP contribution in [0.5, 0.6) is 5.75 Å². The molecule has 0 atom stereocenters. The normalized spacial score (nSPS) is 14.7. The van der Waals surface area contributed by atoms with E-state index < -0.39 is 17.4 Å². The summed E-state index contributed by atoms with van der Waals surface area (Å²) in [5.74, 6) is 3.16. The van der Waals surface area contributed by atoms with Crippen LogP contribution in [0, 0.1) is 11.6 Å². The van der Waals surface area contributed by atoms with Crippen molar-refractivity contribution in [3.05, 3.63) is 77.9 Å². The Balaban J connectivity index is 1.47. The Bertz CT molecular complexity index is 1020. The van der Waals surface area contributed by atoms with E-state index in [0.717, 1.165) is 42.7 Å². The van der Waals surface area contributed by atoms with Crippen molar-refractivity contribution in [2.45, 2.75) is 18.8 Å². The Morgan fingerprint density at radius 3 is 2.23 bits per heavy atom. The molecule has 5 N–H and O–H groups in total. The highest BCUT2D eigenvalue weighted by atomic mass is 19.1. The molecule has 1 aliphatic heterocycles. The first-order chi connectivity index (χ1) is 14.5. The number of benzene rings is 3. The minimum atomic E-state index is -1.19. The van der Waals surface area contributed by atoms with Gasteiger partial charge in [0.25, 0.3) is 0 Å². The van der Waals surface area contributed by atoms with Gasteiger partial charge >= 0.3 is 0 Å². The first-order valence-electron chi connectivity index (χ1n) is 9.87. The van der Waals surface area contributed by atoms with E-state index >= 15 is 0 Å². The molecule has 1 aliphatic rings. The monoisotopic (exact) mass is 410 g/mol. The van der Waals surface area contributed by atoms with Crippen molar-refractivity contribution in [1.29, 1.82) is 0 Å². The van der Waals surface area contributed by atoms with Crippen LogP contribution in [-0.4, -0.2) is 18.2 Å². The number of rotatable bonds is 4. The second-order valence-corrected chi connectivity index (χ2v) is 7.52. The van der Waals surface area contributed by atoms with Gasteiger partial charge in [0.2, 0.25) is 0 Å². The lowest BCUT2D eigenvalue weighted by atomic mass is 9.89. The molecule has 4 rings (SSSR count). The average Bonchev–Trinajstić information content (AvgIpc) is 2.78. The lowest BCUT2D eigenvalue weighted by Crippen LogP contribution is -2.33. The van der Waals surface area contributed by atoms with Crippen LogP contribution >= 0.6 is 0 Å². The predicted molar refractivity (Wildman–Crippen MR) is 116 cm³/mol. The van der Waals surface area contributed by atoms with Crippen molar-refractivity contribution < 1.29 is 13.9 Å². The zero-order chi connectivity index (χ0) is 21.3. The van der Waals surface area contributed by atoms with Crippen LogP contribution in [0.4, 0.5) is 31.5 Å². The third-order valence-electron chi connectivity index (χ3n) is 5.70. The first-order valence-corrected chi connectivity index (χ1v) is 9.87. The summed E-state index contributed by atoms with van der Waals surface area (Å²) in [5, 5.41) is 10.5. The molecular formula is C23H24F2N4O. The van der Waals surface area contributed by atoms with Crippen molar-refractivity contribution >= 4 is 22.7 Å². The smallest absolute Gasteiger partial charge is 0.195 e. The van der Waals surface area contributed by atoms with Crippen LogP contribution in [0.3, 0.4) is 0 Å². The lowest BCUT2D eigenvalue weighted by molar-refractivity contribution is 0.397. The molecule has 0 amide bonds. The summed E-state index contributed by atoms with van der Waals surface area (Å²) in [6.07, 6.45) is 2.15. The van der Waals surface area contributed by atoms with Crippen LogP contribution in [0.15, 0.2) is 60.7 Å². The molecule has 0 bridgehead atoms. The van der Waals surface area contributed by atoms with Gasteiger partial charge in [-0.25, -0.2) is 14.6 Å². The Morgan fingerprint density at radius 2 is 1.60 bits per heavy atom. The van der Waals surface area contributed by atoms with Gasteiger partial charge in [-0.2, -0.15) is 0 Å². The molecule has 0 aliphatic carbocycles. The largest absolute Gasteiger partial charge is 0.503 e. The number of phenols is 1. The van der Waals surface area contributed by atoms with Crippen molar-refractivity contribution in [2.75, 3.05) is 28.7 Å². The highest BCUT2D eigenvalue weighted by Gasteiger charge is 2.23. The molecule has 5 nitrogen and oxygen atoms in total. The molecule has 1 heterocycles. The van der Waals surface area contributed by atoms with Gasteiger partial charge in [-0.1, -0.05) is 30.3 Å². The fourth-order valence-electron chi connectivity index (χ4n) is 4.01. The molecule has 0 saturated carbocycles. The van der Waals surface area contributed by atoms with E-state index in [1.165, 1.54) is 5.56 Å². The number of hydrazine groups is 1. The van der Waals surface area contributed by atoms with E-state index in [1.54, 1.807) is 12.1 Å². The number of anilines is 4. The number of hydrogen-bond acceptors (Lipinski definition) is 5. The van der Waals surface area contributed by atoms with E-state index in [1.807, 2.05) is 18.2 Å². The topological polar surface area (TPSA) is 78.8 Å². The third-order valence-corrected chi connectivity index (χ3v) is 5.70. The standard InChI is InChI=1S/C23H24F2N4O/c24-19-14-20(26)22(21(25)23(19)30)29(27)18-8-6-17(7-9-18)28-12-10-16(11-13-28)15-4-2-1-3-5-15/h1-9,14,16,30H,10-13,26-27H2. The molecule has 3 aromatic carbocycles. The van der Waals surface area contributed by atoms with E-state index in [2.05, 4.69) is 29.2 Å². The maximum Gasteiger partial charge on any atom is 0.195 e. The second kappa shape index (κ2) is 8.20. The summed E-state index contributed by atoms with van der Waals surface area (Å²) in [5.41, 5.74) is 8.15. The number of nitrogen functional groups attached to an aromatic ring is 1. The average molecular weight is 410 g/mol. The lowest BCUT2D eigenvalue weighted by Gasteiger charge is -2.34. The first kappa shape index (κ1) is 20.0. The minimum Gasteiger partial charge on any atom is -0.503 e. The maximum absolute atomic E-state index is 14.3. The molecule has 0 unspecified atom stereocenters. The maximum atomic E-state index is 14.3. The summed E-state index contributed by atoms with van der Waals surface area (Å²) >= 11 is 0. The van der Waals surface area contributed by atoms with Crippen LogP contribution in [0.2, 0.25) is 0 Å². The van der Waals surface area contributed by atoms with Gasteiger partial charge in [0.1, 0.15) is 5.69 Å². The Kier molecular flexibility index (Phi) is 5.46. The Labute approximate surface area is 174 Å². The number of nitrogens with zero attached hydrogens (tertiary/aromatic N) is 2. The van der Waals surface area contributed by atoms with Crippen molar-refractivity contribution in [3.63, 3.8) is 0 Å². The van der Waals surface area contributed by atoms with Gasteiger partial charge in [0.15, 0.2) is 17.4 Å². The summed E-state index contributed by atoms with van der Waals surface area (Å²) in [7, 11) is 0. The summed E-state index contributed by atoms with van der Waals surface area (Å²) < 4.78 is 27.8. The van der Waals surface area contributed by atoms with Gasteiger partial charge in [-0.15, -0.1) is 0 Å². The number of halogens is 2. The molecule has 3 aromatic rings. The highest BCUT2D eigenvalue weighted by Crippen LogP contribution is 2.37. The van der Waals surface area contributed by atoms with Crippen LogP contribution in [0.1, 0.15) is 24.3 Å². The molecular weight excluding hydrogens is 386 g/mol. The number of piperidine rings is 1. The molecule has 1 saturated heterocycles. The van der Waals surface area contributed by atoms with Crippen molar-refractivity contribution in [2.24, 2.45) is 5.84 Å². The van der Waals surface area contributed by atoms with E-state index in [0.29, 0.717) is 11.6 Å². The van der Waals surface area contributed by atoms with Crippen LogP contribution < -0.4 is 21.5 Å². The van der Waals surface area contributed by atoms with E-state index in [4.69, 9.17) is 11.6 Å². The Morgan fingerprint density at radius 1 is 0.967 bits per heavy atom. The zero-order valence-electron chi connectivity index (χ0n) is 16.4. The summed E-state index contributed by atoms with van der Waals surface area (Å²) in [6, 6.07) is 18.7.